The largest absolute Gasteiger partial charge is 0.349 e. The van der Waals surface area contributed by atoms with Crippen LogP contribution in [0.5, 0.6) is 0 Å². The van der Waals surface area contributed by atoms with Crippen LogP contribution in [-0.4, -0.2) is 36.0 Å². The summed E-state index contributed by atoms with van der Waals surface area (Å²) < 4.78 is 0. The average molecular weight is 276 g/mol. The van der Waals surface area contributed by atoms with Gasteiger partial charge in [-0.2, -0.15) is 0 Å². The number of nitrogens with one attached hydrogen (secondary N) is 1. The third kappa shape index (κ3) is 4.07. The molecule has 112 valence electrons. The quantitative estimate of drug-likeness (QED) is 0.597. The molecule has 20 heavy (non-hydrogen) atoms. The van der Waals surface area contributed by atoms with Crippen molar-refractivity contribution in [3.8, 4) is 0 Å². The Morgan fingerprint density at radius 2 is 1.85 bits per heavy atom. The number of carbonyl (C=O) groups excluding carboxylic acids is 1. The third-order valence-corrected chi connectivity index (χ3v) is 3.97. The van der Waals surface area contributed by atoms with Gasteiger partial charge in [-0.1, -0.05) is 23.8 Å². The molecule has 1 fully saturated rings. The van der Waals surface area contributed by atoms with E-state index in [-0.39, 0.29) is 18.0 Å². The molecule has 1 N–H and O–H groups in total. The van der Waals surface area contributed by atoms with E-state index in [1.54, 1.807) is 6.08 Å². The predicted molar refractivity (Wildman–Crippen MR) is 85.6 cm³/mol. The fourth-order valence-corrected chi connectivity index (χ4v) is 2.63. The normalized spacial score (nSPS) is 20.6. The van der Waals surface area contributed by atoms with Crippen LogP contribution in [0.2, 0.25) is 0 Å². The first-order chi connectivity index (χ1) is 9.54. The van der Waals surface area contributed by atoms with Crippen molar-refractivity contribution < 1.29 is 4.79 Å². The molecule has 1 heterocycles. The number of hydrogen-bond acceptors (Lipinski definition) is 2. The van der Waals surface area contributed by atoms with Crippen LogP contribution < -0.4 is 5.32 Å². The molecule has 2 atom stereocenters. The molecule has 1 rings (SSSR count). The van der Waals surface area contributed by atoms with E-state index in [1.165, 1.54) is 18.4 Å². The highest BCUT2D eigenvalue weighted by Crippen LogP contribution is 2.23. The molecule has 1 amide bonds. The summed E-state index contributed by atoms with van der Waals surface area (Å²) in [7, 11) is 0. The van der Waals surface area contributed by atoms with Crippen LogP contribution in [0, 0.1) is 0 Å². The zero-order chi connectivity index (χ0) is 15.1. The monoisotopic (exact) mass is 276 g/mol. The van der Waals surface area contributed by atoms with Crippen LogP contribution >= 0.6 is 0 Å². The van der Waals surface area contributed by atoms with Crippen molar-refractivity contribution in [2.75, 3.05) is 13.1 Å². The molecule has 0 aromatic heterocycles. The molecule has 0 aromatic carbocycles. The molecule has 3 heteroatoms. The van der Waals surface area contributed by atoms with Crippen molar-refractivity contribution in [1.29, 1.82) is 0 Å². The Balaban J connectivity index is 3.01. The van der Waals surface area contributed by atoms with Gasteiger partial charge in [0.2, 0.25) is 5.91 Å². The smallest absolute Gasteiger partial charge is 0.242 e. The number of rotatable bonds is 6. The van der Waals surface area contributed by atoms with E-state index >= 15 is 0 Å². The highest BCUT2D eigenvalue weighted by molar-refractivity contribution is 5.86. The number of amides is 1. The molecule has 0 aromatic rings. The molecule has 0 saturated carbocycles. The minimum atomic E-state index is -0.180. The molecule has 0 radical (unpaired) electrons. The Morgan fingerprint density at radius 3 is 2.30 bits per heavy atom. The van der Waals surface area contributed by atoms with Crippen molar-refractivity contribution in [3.05, 3.63) is 36.0 Å². The SMILES string of the molecule is C=CC(C)NC(=O)C(C(=CC)C(C)=CC)N1CCCC1. The van der Waals surface area contributed by atoms with E-state index in [4.69, 9.17) is 0 Å². The van der Waals surface area contributed by atoms with Crippen LogP contribution in [0.25, 0.3) is 0 Å². The van der Waals surface area contributed by atoms with E-state index < -0.39 is 0 Å². The Bertz CT molecular complexity index is 403. The number of nitrogens with zero attached hydrogens (tertiary/aromatic N) is 1. The maximum Gasteiger partial charge on any atom is 0.242 e. The van der Waals surface area contributed by atoms with Crippen molar-refractivity contribution in [1.82, 2.24) is 10.2 Å². The lowest BCUT2D eigenvalue weighted by Crippen LogP contribution is -2.49. The summed E-state index contributed by atoms with van der Waals surface area (Å²) in [6.45, 7) is 13.8. The number of allylic oxidation sites excluding steroid dienone is 2. The molecule has 2 unspecified atom stereocenters. The minimum absolute atomic E-state index is 0.00313. The van der Waals surface area contributed by atoms with Gasteiger partial charge in [0.1, 0.15) is 6.04 Å². The standard InChI is InChI=1S/C17H28N2O/c1-6-13(4)15(8-3)16(19-11-9-10-12-19)17(20)18-14(5)7-2/h6-8,14,16H,2,9-12H2,1,3-5H3,(H,18,20). The lowest BCUT2D eigenvalue weighted by molar-refractivity contribution is -0.125. The molecular formula is C17H28N2O. The van der Waals surface area contributed by atoms with Gasteiger partial charge in [-0.15, -0.1) is 6.58 Å². The van der Waals surface area contributed by atoms with E-state index in [9.17, 15) is 4.79 Å². The zero-order valence-corrected chi connectivity index (χ0v) is 13.3. The van der Waals surface area contributed by atoms with E-state index in [2.05, 4.69) is 35.9 Å². The highest BCUT2D eigenvalue weighted by Gasteiger charge is 2.31. The van der Waals surface area contributed by atoms with Gasteiger partial charge in [-0.25, -0.2) is 0 Å². The second kappa shape index (κ2) is 8.05. The average Bonchev–Trinajstić information content (AvgIpc) is 2.96. The van der Waals surface area contributed by atoms with Crippen molar-refractivity contribution in [3.63, 3.8) is 0 Å². The molecule has 3 nitrogen and oxygen atoms in total. The second-order valence-corrected chi connectivity index (χ2v) is 5.39. The van der Waals surface area contributed by atoms with Crippen LogP contribution in [0.3, 0.4) is 0 Å². The Morgan fingerprint density at radius 1 is 1.25 bits per heavy atom. The maximum absolute atomic E-state index is 12.7. The Hall–Kier alpha value is -1.35. The van der Waals surface area contributed by atoms with Crippen LogP contribution in [0.1, 0.15) is 40.5 Å². The Kier molecular flexibility index (Phi) is 6.73. The van der Waals surface area contributed by atoms with Gasteiger partial charge in [-0.05, 0) is 59.2 Å². The van der Waals surface area contributed by atoms with E-state index in [1.807, 2.05) is 20.8 Å². The summed E-state index contributed by atoms with van der Waals surface area (Å²) in [5.74, 6) is 0.0774. The number of likely N-dealkylation sites (tertiary alicyclic amines) is 1. The Labute approximate surface area is 123 Å². The third-order valence-electron chi connectivity index (χ3n) is 3.97. The first-order valence-electron chi connectivity index (χ1n) is 7.51. The summed E-state index contributed by atoms with van der Waals surface area (Å²) in [5, 5.41) is 3.03. The summed E-state index contributed by atoms with van der Waals surface area (Å²) in [5.41, 5.74) is 2.29. The van der Waals surface area contributed by atoms with Crippen molar-refractivity contribution in [2.45, 2.75) is 52.6 Å². The number of carbonyl (C=O) groups is 1. The van der Waals surface area contributed by atoms with Crippen molar-refractivity contribution in [2.24, 2.45) is 0 Å². The molecule has 0 bridgehead atoms. The van der Waals surface area contributed by atoms with Crippen LogP contribution in [0.4, 0.5) is 0 Å². The van der Waals surface area contributed by atoms with Gasteiger partial charge in [0.05, 0.1) is 0 Å². The lowest BCUT2D eigenvalue weighted by Gasteiger charge is -2.30. The molecule has 1 aliphatic heterocycles. The van der Waals surface area contributed by atoms with Gasteiger partial charge >= 0.3 is 0 Å². The highest BCUT2D eigenvalue weighted by atomic mass is 16.2. The molecule has 0 aliphatic carbocycles. The molecule has 0 spiro atoms. The van der Waals surface area contributed by atoms with E-state index in [0.29, 0.717) is 0 Å². The number of hydrogen-bond donors (Lipinski definition) is 1. The summed E-state index contributed by atoms with van der Waals surface area (Å²) in [4.78, 5) is 14.9. The van der Waals surface area contributed by atoms with Crippen molar-refractivity contribution >= 4 is 5.91 Å². The van der Waals surface area contributed by atoms with Gasteiger partial charge in [0.25, 0.3) is 0 Å². The van der Waals surface area contributed by atoms with Gasteiger partial charge in [0.15, 0.2) is 0 Å². The molecule has 1 saturated heterocycles. The first kappa shape index (κ1) is 16.7. The van der Waals surface area contributed by atoms with E-state index in [0.717, 1.165) is 18.7 Å². The molecular weight excluding hydrogens is 248 g/mol. The van der Waals surface area contributed by atoms with Crippen LogP contribution in [-0.2, 0) is 4.79 Å². The lowest BCUT2D eigenvalue weighted by atomic mass is 9.97. The van der Waals surface area contributed by atoms with Gasteiger partial charge < -0.3 is 5.32 Å². The second-order valence-electron chi connectivity index (χ2n) is 5.39. The summed E-state index contributed by atoms with van der Waals surface area (Å²) >= 11 is 0. The van der Waals surface area contributed by atoms with Gasteiger partial charge in [-0.3, -0.25) is 9.69 Å². The van der Waals surface area contributed by atoms with Gasteiger partial charge in [0, 0.05) is 6.04 Å². The zero-order valence-electron chi connectivity index (χ0n) is 13.3. The summed E-state index contributed by atoms with van der Waals surface area (Å²) in [6.07, 6.45) is 8.25. The predicted octanol–water partition coefficient (Wildman–Crippen LogP) is 3.05. The fraction of sp³-hybridized carbons (Fsp3) is 0.588. The first-order valence-corrected chi connectivity index (χ1v) is 7.51. The maximum atomic E-state index is 12.7. The minimum Gasteiger partial charge on any atom is -0.349 e. The topological polar surface area (TPSA) is 32.3 Å². The fourth-order valence-electron chi connectivity index (χ4n) is 2.63. The molecule has 1 aliphatic rings. The summed E-state index contributed by atoms with van der Waals surface area (Å²) in [6, 6.07) is -0.183. The van der Waals surface area contributed by atoms with Crippen LogP contribution in [0.15, 0.2) is 36.0 Å².